The summed E-state index contributed by atoms with van der Waals surface area (Å²) in [6, 6.07) is -0.794. The van der Waals surface area contributed by atoms with Crippen LogP contribution in [0.1, 0.15) is 155 Å². The number of unbranched alkanes of at least 4 members (excludes halogenated alkanes) is 19. The van der Waals surface area contributed by atoms with E-state index in [0.717, 1.165) is 38.5 Å². The van der Waals surface area contributed by atoms with Crippen LogP contribution < -0.4 is 5.32 Å². The van der Waals surface area contributed by atoms with E-state index in [4.69, 9.17) is 9.47 Å². The highest BCUT2D eigenvalue weighted by molar-refractivity contribution is 5.76. The molecule has 1 aliphatic heterocycles. The number of hydrogen-bond acceptors (Lipinski definition) is 8. The predicted molar refractivity (Wildman–Crippen MR) is 180 cm³/mol. The van der Waals surface area contributed by atoms with Crippen molar-refractivity contribution in [1.82, 2.24) is 5.32 Å². The van der Waals surface area contributed by atoms with E-state index in [0.29, 0.717) is 6.42 Å². The van der Waals surface area contributed by atoms with Gasteiger partial charge in [-0.15, -0.1) is 0 Å². The summed E-state index contributed by atoms with van der Waals surface area (Å²) in [5.74, 6) is -0.182. The molecule has 1 heterocycles. The fourth-order valence-electron chi connectivity index (χ4n) is 5.80. The first-order chi connectivity index (χ1) is 21.8. The maximum atomic E-state index is 12.8. The van der Waals surface area contributed by atoms with Gasteiger partial charge in [-0.05, 0) is 19.3 Å². The Bertz CT molecular complexity index is 721. The second kappa shape index (κ2) is 28.0. The molecule has 0 aromatic rings. The van der Waals surface area contributed by atoms with Crippen molar-refractivity contribution in [3.05, 3.63) is 12.2 Å². The maximum absolute atomic E-state index is 12.8. The van der Waals surface area contributed by atoms with Crippen molar-refractivity contribution < 1.29 is 39.8 Å². The molecule has 9 nitrogen and oxygen atoms in total. The van der Waals surface area contributed by atoms with Gasteiger partial charge in [0.25, 0.3) is 0 Å². The van der Waals surface area contributed by atoms with E-state index in [-0.39, 0.29) is 12.5 Å². The van der Waals surface area contributed by atoms with Gasteiger partial charge in [-0.2, -0.15) is 0 Å². The molecular formula is C36H69NO8. The molecule has 0 radical (unpaired) electrons. The minimum Gasteiger partial charge on any atom is -0.394 e. The molecule has 0 aromatic carbocycles. The summed E-state index contributed by atoms with van der Waals surface area (Å²) in [6.45, 7) is 3.71. The molecule has 1 fully saturated rings. The second-order valence-electron chi connectivity index (χ2n) is 13.0. The first-order valence-corrected chi connectivity index (χ1v) is 18.4. The smallest absolute Gasteiger partial charge is 0.220 e. The summed E-state index contributed by atoms with van der Waals surface area (Å²) >= 11 is 0. The molecular weight excluding hydrogens is 574 g/mol. The zero-order valence-corrected chi connectivity index (χ0v) is 28.6. The van der Waals surface area contributed by atoms with Crippen LogP contribution in [0, 0.1) is 0 Å². The molecule has 1 aliphatic rings. The Kier molecular flexibility index (Phi) is 26.1. The van der Waals surface area contributed by atoms with Crippen molar-refractivity contribution in [1.29, 1.82) is 0 Å². The molecule has 1 saturated heterocycles. The van der Waals surface area contributed by atoms with Gasteiger partial charge in [0.2, 0.25) is 5.91 Å². The van der Waals surface area contributed by atoms with Crippen LogP contribution in [0.4, 0.5) is 0 Å². The Morgan fingerprint density at radius 2 is 1.22 bits per heavy atom. The summed E-state index contributed by atoms with van der Waals surface area (Å²) in [5.41, 5.74) is 0. The van der Waals surface area contributed by atoms with Crippen molar-refractivity contribution >= 4 is 5.91 Å². The summed E-state index contributed by atoms with van der Waals surface area (Å²) in [5, 5.41) is 53.7. The van der Waals surface area contributed by atoms with Gasteiger partial charge in [-0.25, -0.2) is 0 Å². The summed E-state index contributed by atoms with van der Waals surface area (Å²) in [4.78, 5) is 12.8. The van der Waals surface area contributed by atoms with E-state index in [2.05, 4.69) is 19.2 Å². The Morgan fingerprint density at radius 3 is 1.73 bits per heavy atom. The number of ether oxygens (including phenoxy) is 2. The van der Waals surface area contributed by atoms with E-state index in [1.165, 1.54) is 96.3 Å². The van der Waals surface area contributed by atoms with Gasteiger partial charge in [0, 0.05) is 6.42 Å². The summed E-state index contributed by atoms with van der Waals surface area (Å²) in [7, 11) is 0. The van der Waals surface area contributed by atoms with E-state index >= 15 is 0 Å². The monoisotopic (exact) mass is 644 g/mol. The topological polar surface area (TPSA) is 149 Å². The number of nitrogens with one attached hydrogen (secondary N) is 1. The number of carbonyl (C=O) groups excluding carboxylic acids is 1. The Morgan fingerprint density at radius 1 is 0.733 bits per heavy atom. The zero-order valence-electron chi connectivity index (χ0n) is 28.6. The maximum Gasteiger partial charge on any atom is 0.220 e. The Balaban J connectivity index is 2.49. The number of carbonyl (C=O) groups is 1. The van der Waals surface area contributed by atoms with Crippen LogP contribution >= 0.6 is 0 Å². The minimum atomic E-state index is -1.56. The third kappa shape index (κ3) is 20.0. The lowest BCUT2D eigenvalue weighted by atomic mass is 9.99. The van der Waals surface area contributed by atoms with Crippen molar-refractivity contribution in [2.75, 3.05) is 13.2 Å². The molecule has 0 spiro atoms. The third-order valence-electron chi connectivity index (χ3n) is 8.86. The lowest BCUT2D eigenvalue weighted by Crippen LogP contribution is -2.60. The first kappa shape index (κ1) is 42.0. The highest BCUT2D eigenvalue weighted by Crippen LogP contribution is 2.22. The van der Waals surface area contributed by atoms with Gasteiger partial charge in [-0.1, -0.05) is 142 Å². The number of hydrogen-bond donors (Lipinski definition) is 6. The van der Waals surface area contributed by atoms with Crippen LogP contribution in [0.3, 0.4) is 0 Å². The fraction of sp³-hybridized carbons (Fsp3) is 0.917. The van der Waals surface area contributed by atoms with Crippen LogP contribution in [0.15, 0.2) is 12.2 Å². The van der Waals surface area contributed by atoms with E-state index < -0.39 is 49.5 Å². The Labute approximate surface area is 274 Å². The van der Waals surface area contributed by atoms with E-state index in [1.54, 1.807) is 6.08 Å². The molecule has 0 aliphatic carbocycles. The summed E-state index contributed by atoms with van der Waals surface area (Å²) in [6.07, 6.45) is 21.1. The van der Waals surface area contributed by atoms with Crippen LogP contribution in [0.5, 0.6) is 0 Å². The molecule has 0 saturated carbocycles. The van der Waals surface area contributed by atoms with E-state index in [1.807, 2.05) is 6.08 Å². The molecule has 7 atom stereocenters. The van der Waals surface area contributed by atoms with Crippen molar-refractivity contribution in [3.8, 4) is 0 Å². The van der Waals surface area contributed by atoms with Crippen molar-refractivity contribution in [2.45, 2.75) is 198 Å². The lowest BCUT2D eigenvalue weighted by Gasteiger charge is -2.40. The molecule has 1 rings (SSSR count). The van der Waals surface area contributed by atoms with Crippen LogP contribution in [-0.2, 0) is 14.3 Å². The first-order valence-electron chi connectivity index (χ1n) is 18.4. The van der Waals surface area contributed by atoms with Gasteiger partial charge >= 0.3 is 0 Å². The summed E-state index contributed by atoms with van der Waals surface area (Å²) < 4.78 is 11.1. The molecule has 1 amide bonds. The quantitative estimate of drug-likeness (QED) is 0.0441. The Hall–Kier alpha value is -1.07. The molecule has 0 bridgehead atoms. The van der Waals surface area contributed by atoms with Gasteiger partial charge in [0.1, 0.15) is 24.4 Å². The minimum absolute atomic E-state index is 0.182. The number of allylic oxidation sites excluding steroid dienone is 1. The van der Waals surface area contributed by atoms with Gasteiger partial charge < -0.3 is 40.3 Å². The van der Waals surface area contributed by atoms with Gasteiger partial charge in [0.15, 0.2) is 6.29 Å². The average molecular weight is 644 g/mol. The number of aliphatic hydroxyl groups excluding tert-OH is 5. The number of amides is 1. The zero-order chi connectivity index (χ0) is 33.1. The number of rotatable bonds is 29. The standard InChI is InChI=1S/C36H69NO8/c1-3-5-7-9-11-13-14-15-16-18-19-21-23-25-30(39)29(28-44-36-35(43)34(42)33(41)31(27-38)45-36)37-32(40)26-24-22-20-17-12-10-8-6-4-2/h23,25,29-31,33-36,38-39,41-43H,3-22,24,26-28H2,1-2H3,(H,37,40)/b25-23+/t29?,30?,31-,33-,34+,35-,36-/m1/s1. The average Bonchev–Trinajstić information content (AvgIpc) is 3.04. The molecule has 2 unspecified atom stereocenters. The molecule has 266 valence electrons. The SMILES string of the molecule is CCCCCCCCCCCCC/C=C/C(O)C(CO[C@@H]1O[C@H](CO)[C@@H](O)[C@H](O)[C@H]1O)NC(=O)CCCCCCCCCCC. The lowest BCUT2D eigenvalue weighted by molar-refractivity contribution is -0.302. The van der Waals surface area contributed by atoms with Crippen LogP contribution in [-0.4, -0.2) is 87.5 Å². The number of aliphatic hydroxyl groups is 5. The van der Waals surface area contributed by atoms with Crippen LogP contribution in [0.2, 0.25) is 0 Å². The fourth-order valence-corrected chi connectivity index (χ4v) is 5.80. The normalized spacial score (nSPS) is 23.4. The largest absolute Gasteiger partial charge is 0.394 e. The molecule has 6 N–H and O–H groups in total. The second-order valence-corrected chi connectivity index (χ2v) is 13.0. The molecule has 0 aromatic heterocycles. The molecule has 45 heavy (non-hydrogen) atoms. The van der Waals surface area contributed by atoms with Crippen LogP contribution in [0.25, 0.3) is 0 Å². The highest BCUT2D eigenvalue weighted by atomic mass is 16.7. The van der Waals surface area contributed by atoms with Crippen molar-refractivity contribution in [2.24, 2.45) is 0 Å². The van der Waals surface area contributed by atoms with E-state index in [9.17, 15) is 30.3 Å². The predicted octanol–water partition coefficient (Wildman–Crippen LogP) is 5.83. The van der Waals surface area contributed by atoms with Gasteiger partial charge in [0.05, 0.1) is 25.4 Å². The van der Waals surface area contributed by atoms with Crippen molar-refractivity contribution in [3.63, 3.8) is 0 Å². The molecule has 9 heteroatoms. The highest BCUT2D eigenvalue weighted by Gasteiger charge is 2.44. The third-order valence-corrected chi connectivity index (χ3v) is 8.86. The van der Waals surface area contributed by atoms with Gasteiger partial charge in [-0.3, -0.25) is 4.79 Å².